The van der Waals surface area contributed by atoms with E-state index in [1.807, 2.05) is 18.2 Å². The summed E-state index contributed by atoms with van der Waals surface area (Å²) in [6.45, 7) is 1.98. The van der Waals surface area contributed by atoms with Crippen LogP contribution in [0, 0.1) is 6.92 Å². The fourth-order valence-electron chi connectivity index (χ4n) is 1.28. The molecule has 1 N–H and O–H groups in total. The van der Waals surface area contributed by atoms with Crippen molar-refractivity contribution in [1.82, 2.24) is 10.1 Å². The number of benzene rings is 1. The second kappa shape index (κ2) is 4.76. The molecule has 16 heavy (non-hydrogen) atoms. The summed E-state index contributed by atoms with van der Waals surface area (Å²) < 4.78 is 10.3. The summed E-state index contributed by atoms with van der Waals surface area (Å²) in [5, 5.41) is 12.6. The van der Waals surface area contributed by atoms with Gasteiger partial charge in [0.1, 0.15) is 5.75 Å². The molecule has 0 fully saturated rings. The van der Waals surface area contributed by atoms with E-state index >= 15 is 0 Å². The van der Waals surface area contributed by atoms with Gasteiger partial charge in [0.2, 0.25) is 0 Å². The van der Waals surface area contributed by atoms with E-state index < -0.39 is 0 Å². The second-order valence-corrected chi connectivity index (χ2v) is 3.33. The maximum atomic E-state index is 8.95. The summed E-state index contributed by atoms with van der Waals surface area (Å²) in [5.41, 5.74) is 0.805. The van der Waals surface area contributed by atoms with Gasteiger partial charge in [-0.05, 0) is 24.6 Å². The van der Waals surface area contributed by atoms with Crippen molar-refractivity contribution in [2.75, 3.05) is 0 Å². The summed E-state index contributed by atoms with van der Waals surface area (Å²) in [5.74, 6) is 1.69. The molecule has 5 heteroatoms. The lowest BCUT2D eigenvalue weighted by molar-refractivity contribution is 0.241. The van der Waals surface area contributed by atoms with Crippen LogP contribution in [0.1, 0.15) is 17.3 Å². The number of hydrogen-bond acceptors (Lipinski definition) is 5. The molecule has 1 aromatic heterocycles. The smallest absolute Gasteiger partial charge is 0.264 e. The van der Waals surface area contributed by atoms with E-state index in [0.29, 0.717) is 17.5 Å². The van der Waals surface area contributed by atoms with E-state index in [9.17, 15) is 0 Å². The Kier molecular flexibility index (Phi) is 3.16. The van der Waals surface area contributed by atoms with Gasteiger partial charge >= 0.3 is 0 Å². The molecule has 1 heterocycles. The lowest BCUT2D eigenvalue weighted by Gasteiger charge is -2.04. The number of ether oxygens (including phenoxy) is 1. The van der Waals surface area contributed by atoms with Gasteiger partial charge in [-0.3, -0.25) is 0 Å². The highest BCUT2D eigenvalue weighted by molar-refractivity contribution is 5.27. The van der Waals surface area contributed by atoms with Crippen molar-refractivity contribution in [1.29, 1.82) is 0 Å². The van der Waals surface area contributed by atoms with Crippen molar-refractivity contribution in [3.63, 3.8) is 0 Å². The van der Waals surface area contributed by atoms with Crippen LogP contribution in [0.5, 0.6) is 5.75 Å². The molecule has 5 nitrogen and oxygen atoms in total. The van der Waals surface area contributed by atoms with Crippen LogP contribution < -0.4 is 4.74 Å². The highest BCUT2D eigenvalue weighted by Crippen LogP contribution is 2.14. The molecule has 0 atom stereocenters. The van der Waals surface area contributed by atoms with Crippen LogP contribution >= 0.6 is 0 Å². The van der Waals surface area contributed by atoms with Gasteiger partial charge in [0.05, 0.1) is 6.61 Å². The van der Waals surface area contributed by atoms with Crippen LogP contribution in [-0.2, 0) is 13.2 Å². The molecule has 0 aliphatic carbocycles. The largest absolute Gasteiger partial charge is 0.484 e. The molecule has 0 spiro atoms. The lowest BCUT2D eigenvalue weighted by Crippen LogP contribution is -1.96. The fourth-order valence-corrected chi connectivity index (χ4v) is 1.28. The third kappa shape index (κ3) is 2.58. The summed E-state index contributed by atoms with van der Waals surface area (Å²) >= 11 is 0. The predicted molar refractivity (Wildman–Crippen MR) is 55.7 cm³/mol. The third-order valence-electron chi connectivity index (χ3n) is 2.01. The monoisotopic (exact) mass is 220 g/mol. The van der Waals surface area contributed by atoms with Gasteiger partial charge in [-0.1, -0.05) is 17.3 Å². The standard InChI is InChI=1S/C11H12N2O3/c1-8-12-11(16-13-8)7-15-10-4-2-3-9(5-10)6-14/h2-5,14H,6-7H2,1H3. The van der Waals surface area contributed by atoms with Crippen LogP contribution in [0.4, 0.5) is 0 Å². The van der Waals surface area contributed by atoms with Crippen molar-refractivity contribution in [2.24, 2.45) is 0 Å². The number of aliphatic hydroxyl groups excluding tert-OH is 1. The molecule has 0 radical (unpaired) electrons. The Hall–Kier alpha value is -1.88. The first-order valence-corrected chi connectivity index (χ1v) is 4.90. The molecule has 0 amide bonds. The Bertz CT molecular complexity index is 468. The van der Waals surface area contributed by atoms with Crippen LogP contribution in [0.25, 0.3) is 0 Å². The Morgan fingerprint density at radius 2 is 2.31 bits per heavy atom. The van der Waals surface area contributed by atoms with Gasteiger partial charge < -0.3 is 14.4 Å². The number of aromatic nitrogens is 2. The number of rotatable bonds is 4. The molecule has 0 bridgehead atoms. The van der Waals surface area contributed by atoms with Gasteiger partial charge in [0, 0.05) is 0 Å². The van der Waals surface area contributed by atoms with Gasteiger partial charge in [-0.15, -0.1) is 0 Å². The lowest BCUT2D eigenvalue weighted by atomic mass is 10.2. The second-order valence-electron chi connectivity index (χ2n) is 3.33. The van der Waals surface area contributed by atoms with Gasteiger partial charge in [0.25, 0.3) is 5.89 Å². The van der Waals surface area contributed by atoms with Gasteiger partial charge in [-0.2, -0.15) is 4.98 Å². The molecular formula is C11H12N2O3. The van der Waals surface area contributed by atoms with E-state index in [1.54, 1.807) is 13.0 Å². The van der Waals surface area contributed by atoms with Crippen LogP contribution in [0.15, 0.2) is 28.8 Å². The van der Waals surface area contributed by atoms with Crippen molar-refractivity contribution < 1.29 is 14.4 Å². The van der Waals surface area contributed by atoms with Gasteiger partial charge in [-0.25, -0.2) is 0 Å². The topological polar surface area (TPSA) is 68.4 Å². The molecule has 1 aromatic carbocycles. The number of aryl methyl sites for hydroxylation is 1. The summed E-state index contributed by atoms with van der Waals surface area (Å²) in [6.07, 6.45) is 0. The van der Waals surface area contributed by atoms with Crippen molar-refractivity contribution >= 4 is 0 Å². The maximum Gasteiger partial charge on any atom is 0.264 e. The van der Waals surface area contributed by atoms with E-state index in [4.69, 9.17) is 14.4 Å². The van der Waals surface area contributed by atoms with E-state index in [2.05, 4.69) is 10.1 Å². The first-order valence-electron chi connectivity index (χ1n) is 4.90. The predicted octanol–water partition coefficient (Wildman–Crippen LogP) is 1.45. The number of hydrogen-bond donors (Lipinski definition) is 1. The normalized spacial score (nSPS) is 10.4. The molecule has 0 unspecified atom stereocenters. The Balaban J connectivity index is 1.99. The highest BCUT2D eigenvalue weighted by Gasteiger charge is 2.03. The van der Waals surface area contributed by atoms with Crippen molar-refractivity contribution in [3.8, 4) is 5.75 Å². The maximum absolute atomic E-state index is 8.95. The van der Waals surface area contributed by atoms with Crippen molar-refractivity contribution in [3.05, 3.63) is 41.5 Å². The van der Waals surface area contributed by atoms with Crippen molar-refractivity contribution in [2.45, 2.75) is 20.1 Å². The molecular weight excluding hydrogens is 208 g/mol. The fraction of sp³-hybridized carbons (Fsp3) is 0.273. The minimum absolute atomic E-state index is 0.00311. The number of nitrogens with zero attached hydrogens (tertiary/aromatic N) is 2. The molecule has 2 rings (SSSR count). The Labute approximate surface area is 92.7 Å². The zero-order valence-electron chi connectivity index (χ0n) is 8.88. The molecule has 2 aromatic rings. The molecule has 0 saturated carbocycles. The van der Waals surface area contributed by atoms with Crippen LogP contribution in [0.3, 0.4) is 0 Å². The zero-order chi connectivity index (χ0) is 11.4. The molecule has 0 aliphatic rings. The molecule has 0 aliphatic heterocycles. The van der Waals surface area contributed by atoms with E-state index in [0.717, 1.165) is 5.56 Å². The van der Waals surface area contributed by atoms with Gasteiger partial charge in [0.15, 0.2) is 12.4 Å². The average Bonchev–Trinajstić information content (AvgIpc) is 2.73. The quantitative estimate of drug-likeness (QED) is 0.844. The first-order chi connectivity index (χ1) is 7.78. The summed E-state index contributed by atoms with van der Waals surface area (Å²) in [4.78, 5) is 4.02. The summed E-state index contributed by atoms with van der Waals surface area (Å²) in [7, 11) is 0. The average molecular weight is 220 g/mol. The highest BCUT2D eigenvalue weighted by atomic mass is 16.5. The van der Waals surface area contributed by atoms with E-state index in [1.165, 1.54) is 0 Å². The Morgan fingerprint density at radius 3 is 3.00 bits per heavy atom. The molecule has 0 saturated heterocycles. The summed E-state index contributed by atoms with van der Waals surface area (Å²) in [6, 6.07) is 7.22. The Morgan fingerprint density at radius 1 is 1.44 bits per heavy atom. The minimum atomic E-state index is -0.00311. The minimum Gasteiger partial charge on any atom is -0.484 e. The SMILES string of the molecule is Cc1noc(COc2cccc(CO)c2)n1. The third-order valence-corrected chi connectivity index (χ3v) is 2.01. The number of aliphatic hydroxyl groups is 1. The zero-order valence-corrected chi connectivity index (χ0v) is 8.88. The van der Waals surface area contributed by atoms with Crippen LogP contribution in [-0.4, -0.2) is 15.2 Å². The van der Waals surface area contributed by atoms with E-state index in [-0.39, 0.29) is 13.2 Å². The molecule has 84 valence electrons. The van der Waals surface area contributed by atoms with Crippen LogP contribution in [0.2, 0.25) is 0 Å². The first kappa shape index (κ1) is 10.6.